The van der Waals surface area contributed by atoms with Crippen molar-refractivity contribution in [3.05, 3.63) is 218 Å². The Labute approximate surface area is 326 Å². The SMILES string of the molecule is c1ccc(-c2ccc3c(-c4cc(-c5cccc6ccccc56)cc(-c5cccc6ccccc56)c4)c4ccccc4c(-c4ccc5ccccc5c4)c3c2)cc1. The first kappa shape index (κ1) is 32.2. The van der Waals surface area contributed by atoms with E-state index in [1.165, 1.54) is 109 Å². The van der Waals surface area contributed by atoms with Crippen molar-refractivity contribution in [1.29, 1.82) is 0 Å². The van der Waals surface area contributed by atoms with E-state index in [0.717, 1.165) is 0 Å². The molecule has 0 nitrogen and oxygen atoms in total. The molecule has 0 N–H and O–H groups in total. The molecule has 11 aromatic carbocycles. The Balaban J connectivity index is 1.27. The zero-order valence-corrected chi connectivity index (χ0v) is 30.8. The van der Waals surface area contributed by atoms with Crippen molar-refractivity contribution in [1.82, 2.24) is 0 Å². The summed E-state index contributed by atoms with van der Waals surface area (Å²) in [5.74, 6) is 0. The van der Waals surface area contributed by atoms with Gasteiger partial charge in [-0.3, -0.25) is 0 Å². The molecule has 0 spiro atoms. The van der Waals surface area contributed by atoms with E-state index in [-0.39, 0.29) is 0 Å². The molecule has 0 saturated carbocycles. The third-order valence-electron chi connectivity index (χ3n) is 11.6. The number of rotatable bonds is 5. The quantitative estimate of drug-likeness (QED) is 0.156. The molecule has 0 heteroatoms. The molecule has 0 heterocycles. The smallest absolute Gasteiger partial charge is 0.00259 e. The molecule has 0 saturated heterocycles. The molecule has 0 aromatic heterocycles. The second-order valence-corrected chi connectivity index (χ2v) is 14.8. The van der Waals surface area contributed by atoms with E-state index >= 15 is 0 Å². The van der Waals surface area contributed by atoms with Gasteiger partial charge < -0.3 is 0 Å². The summed E-state index contributed by atoms with van der Waals surface area (Å²) in [5.41, 5.74) is 12.3. The van der Waals surface area contributed by atoms with Crippen molar-refractivity contribution >= 4 is 53.9 Å². The topological polar surface area (TPSA) is 0 Å². The molecule has 11 aromatic rings. The van der Waals surface area contributed by atoms with E-state index < -0.39 is 0 Å². The van der Waals surface area contributed by atoms with Crippen LogP contribution in [-0.2, 0) is 0 Å². The molecule has 0 radical (unpaired) electrons. The molecule has 0 unspecified atom stereocenters. The molecule has 260 valence electrons. The summed E-state index contributed by atoms with van der Waals surface area (Å²) in [7, 11) is 0. The number of benzene rings is 11. The van der Waals surface area contributed by atoms with E-state index in [4.69, 9.17) is 0 Å². The molecule has 0 aliphatic heterocycles. The van der Waals surface area contributed by atoms with Gasteiger partial charge in [-0.25, -0.2) is 0 Å². The molecule has 0 bridgehead atoms. The second-order valence-electron chi connectivity index (χ2n) is 14.8. The molecular weight excluding hydrogens is 673 g/mol. The van der Waals surface area contributed by atoms with E-state index in [1.807, 2.05) is 0 Å². The van der Waals surface area contributed by atoms with Gasteiger partial charge in [0.05, 0.1) is 0 Å². The van der Waals surface area contributed by atoms with Crippen molar-refractivity contribution in [2.75, 3.05) is 0 Å². The van der Waals surface area contributed by atoms with Gasteiger partial charge in [0.1, 0.15) is 0 Å². The lowest BCUT2D eigenvalue weighted by Gasteiger charge is -2.20. The lowest BCUT2D eigenvalue weighted by Crippen LogP contribution is -1.93. The normalized spacial score (nSPS) is 11.6. The van der Waals surface area contributed by atoms with Crippen LogP contribution in [0.5, 0.6) is 0 Å². The Kier molecular flexibility index (Phi) is 7.60. The lowest BCUT2D eigenvalue weighted by atomic mass is 9.83. The maximum absolute atomic E-state index is 2.43. The van der Waals surface area contributed by atoms with Crippen molar-refractivity contribution < 1.29 is 0 Å². The molecular formula is C56H36. The van der Waals surface area contributed by atoms with E-state index in [2.05, 4.69) is 218 Å². The highest BCUT2D eigenvalue weighted by molar-refractivity contribution is 6.23. The third kappa shape index (κ3) is 5.38. The monoisotopic (exact) mass is 708 g/mol. The minimum atomic E-state index is 1.21. The minimum Gasteiger partial charge on any atom is -0.0622 e. The fourth-order valence-corrected chi connectivity index (χ4v) is 8.99. The molecule has 11 rings (SSSR count). The number of hydrogen-bond acceptors (Lipinski definition) is 0. The van der Waals surface area contributed by atoms with Crippen LogP contribution in [0.3, 0.4) is 0 Å². The van der Waals surface area contributed by atoms with Gasteiger partial charge in [-0.05, 0) is 140 Å². The predicted molar refractivity (Wildman–Crippen MR) is 241 cm³/mol. The molecule has 0 fully saturated rings. The maximum Gasteiger partial charge on any atom is -0.00259 e. The van der Waals surface area contributed by atoms with Crippen LogP contribution in [-0.4, -0.2) is 0 Å². The van der Waals surface area contributed by atoms with Gasteiger partial charge in [-0.1, -0.05) is 188 Å². The highest BCUT2D eigenvalue weighted by Gasteiger charge is 2.20. The zero-order valence-electron chi connectivity index (χ0n) is 30.8. The first-order chi connectivity index (χ1) is 27.8. The molecule has 0 atom stereocenters. The van der Waals surface area contributed by atoms with Gasteiger partial charge in [0.25, 0.3) is 0 Å². The van der Waals surface area contributed by atoms with Crippen LogP contribution in [0.15, 0.2) is 218 Å². The first-order valence-corrected chi connectivity index (χ1v) is 19.4. The van der Waals surface area contributed by atoms with E-state index in [0.29, 0.717) is 0 Å². The average molecular weight is 709 g/mol. The summed E-state index contributed by atoms with van der Waals surface area (Å²) < 4.78 is 0. The number of hydrogen-bond donors (Lipinski definition) is 0. The fraction of sp³-hybridized carbons (Fsp3) is 0. The Morgan fingerprint density at radius 3 is 1.29 bits per heavy atom. The van der Waals surface area contributed by atoms with Gasteiger partial charge in [-0.15, -0.1) is 0 Å². The summed E-state index contributed by atoms with van der Waals surface area (Å²) >= 11 is 0. The Morgan fingerprint density at radius 2 is 0.643 bits per heavy atom. The van der Waals surface area contributed by atoms with Crippen molar-refractivity contribution in [2.45, 2.75) is 0 Å². The summed E-state index contributed by atoms with van der Waals surface area (Å²) in [6.45, 7) is 0. The lowest BCUT2D eigenvalue weighted by molar-refractivity contribution is 1.61. The van der Waals surface area contributed by atoms with Crippen molar-refractivity contribution in [3.8, 4) is 55.6 Å². The third-order valence-corrected chi connectivity index (χ3v) is 11.6. The van der Waals surface area contributed by atoms with Crippen LogP contribution in [0.4, 0.5) is 0 Å². The highest BCUT2D eigenvalue weighted by Crippen LogP contribution is 2.47. The number of fused-ring (bicyclic) bond motifs is 5. The average Bonchev–Trinajstić information content (AvgIpc) is 3.27. The van der Waals surface area contributed by atoms with E-state index in [1.54, 1.807) is 0 Å². The summed E-state index contributed by atoms with van der Waals surface area (Å²) in [6, 6.07) is 80.6. The predicted octanol–water partition coefficient (Wildman–Crippen LogP) is 15.8. The summed E-state index contributed by atoms with van der Waals surface area (Å²) in [5, 5.41) is 12.5. The zero-order chi connectivity index (χ0) is 37.0. The Bertz CT molecular complexity index is 3190. The highest BCUT2D eigenvalue weighted by atomic mass is 14.2. The Morgan fingerprint density at radius 1 is 0.179 bits per heavy atom. The van der Waals surface area contributed by atoms with Crippen LogP contribution in [0.2, 0.25) is 0 Å². The van der Waals surface area contributed by atoms with Crippen LogP contribution in [0.25, 0.3) is 109 Å². The van der Waals surface area contributed by atoms with Crippen LogP contribution in [0.1, 0.15) is 0 Å². The standard InChI is InChI=1S/C56H36/c1-2-14-37(15-3-1)42-30-31-53-54(36-42)55(43-29-28-38-16-4-5-19-41(38)32-43)51-24-10-11-25-52(51)56(53)46-34-44(49-26-12-20-39-17-6-8-22-47(39)49)33-45(35-46)50-27-13-21-40-18-7-9-23-48(40)50/h1-36H. The molecule has 0 aliphatic rings. The molecule has 56 heavy (non-hydrogen) atoms. The van der Waals surface area contributed by atoms with Gasteiger partial charge >= 0.3 is 0 Å². The molecule has 0 aliphatic carbocycles. The Hall–Kier alpha value is -7.28. The van der Waals surface area contributed by atoms with E-state index in [9.17, 15) is 0 Å². The first-order valence-electron chi connectivity index (χ1n) is 19.4. The second kappa shape index (κ2) is 13.2. The van der Waals surface area contributed by atoms with Gasteiger partial charge in [0.15, 0.2) is 0 Å². The minimum absolute atomic E-state index is 1.21. The summed E-state index contributed by atoms with van der Waals surface area (Å²) in [6.07, 6.45) is 0. The maximum atomic E-state index is 2.43. The van der Waals surface area contributed by atoms with Crippen LogP contribution >= 0.6 is 0 Å². The van der Waals surface area contributed by atoms with Gasteiger partial charge in [0.2, 0.25) is 0 Å². The fourth-order valence-electron chi connectivity index (χ4n) is 8.99. The van der Waals surface area contributed by atoms with Crippen molar-refractivity contribution in [2.24, 2.45) is 0 Å². The van der Waals surface area contributed by atoms with Crippen LogP contribution < -0.4 is 0 Å². The van der Waals surface area contributed by atoms with Gasteiger partial charge in [0, 0.05) is 0 Å². The summed E-state index contributed by atoms with van der Waals surface area (Å²) in [4.78, 5) is 0. The largest absolute Gasteiger partial charge is 0.0622 e. The van der Waals surface area contributed by atoms with Gasteiger partial charge in [-0.2, -0.15) is 0 Å². The van der Waals surface area contributed by atoms with Crippen molar-refractivity contribution in [3.63, 3.8) is 0 Å². The molecule has 0 amide bonds. The van der Waals surface area contributed by atoms with Crippen LogP contribution in [0, 0.1) is 0 Å².